The first-order valence-corrected chi connectivity index (χ1v) is 6.82. The van der Waals surface area contributed by atoms with Gasteiger partial charge in [-0.25, -0.2) is 4.98 Å². The molecular formula is C14H17N5O2. The highest BCUT2D eigenvalue weighted by Gasteiger charge is 2.25. The fourth-order valence-corrected chi connectivity index (χ4v) is 2.53. The molecule has 1 aromatic rings. The summed E-state index contributed by atoms with van der Waals surface area (Å²) in [5, 5.41) is 12.7. The number of carbonyl (C=O) groups excluding carboxylic acids is 1. The average Bonchev–Trinajstić information content (AvgIpc) is 2.94. The molecule has 3 rings (SSSR count). The zero-order chi connectivity index (χ0) is 14.8. The number of primary amides is 1. The number of anilines is 1. The summed E-state index contributed by atoms with van der Waals surface area (Å²) in [5.41, 5.74) is 7.32. The summed E-state index contributed by atoms with van der Waals surface area (Å²) in [6.45, 7) is 1.80. The van der Waals surface area contributed by atoms with Crippen molar-refractivity contribution in [3.8, 4) is 0 Å². The van der Waals surface area contributed by atoms with Crippen LogP contribution in [-0.4, -0.2) is 48.1 Å². The van der Waals surface area contributed by atoms with Crippen LogP contribution in [-0.2, 0) is 0 Å². The maximum atomic E-state index is 11.4. The van der Waals surface area contributed by atoms with Gasteiger partial charge in [0.1, 0.15) is 12.5 Å². The van der Waals surface area contributed by atoms with E-state index < -0.39 is 5.91 Å². The molecule has 1 saturated heterocycles. The quantitative estimate of drug-likeness (QED) is 0.709. The minimum Gasteiger partial charge on any atom is -0.391 e. The Bertz CT molecular complexity index is 626. The third-order valence-corrected chi connectivity index (χ3v) is 3.60. The first-order valence-electron chi connectivity index (χ1n) is 6.82. The predicted octanol–water partition coefficient (Wildman–Crippen LogP) is -0.276. The molecule has 1 aromatic heterocycles. The number of carbonyl (C=O) groups is 1. The number of β-amino-alcohol motifs (C(OH)–C–C–N with tert-alkyl or cyclic N) is 1. The summed E-state index contributed by atoms with van der Waals surface area (Å²) >= 11 is 0. The van der Waals surface area contributed by atoms with Gasteiger partial charge in [-0.05, 0) is 12.5 Å². The minimum atomic E-state index is -0.516. The van der Waals surface area contributed by atoms with E-state index in [0.29, 0.717) is 25.2 Å². The Hall–Kier alpha value is -2.41. The summed E-state index contributed by atoms with van der Waals surface area (Å²) in [4.78, 5) is 21.9. The molecule has 0 saturated carbocycles. The Balaban J connectivity index is 2.04. The molecule has 0 bridgehead atoms. The molecule has 0 aromatic carbocycles. The van der Waals surface area contributed by atoms with Crippen LogP contribution in [0.2, 0.25) is 0 Å². The predicted molar refractivity (Wildman–Crippen MR) is 80.1 cm³/mol. The van der Waals surface area contributed by atoms with Gasteiger partial charge in [-0.2, -0.15) is 0 Å². The zero-order valence-corrected chi connectivity index (χ0v) is 11.5. The average molecular weight is 287 g/mol. The van der Waals surface area contributed by atoms with Crippen LogP contribution in [0.15, 0.2) is 23.5 Å². The normalized spacial score (nSPS) is 21.1. The van der Waals surface area contributed by atoms with Gasteiger partial charge in [-0.3, -0.25) is 9.79 Å². The Kier molecular flexibility index (Phi) is 3.57. The van der Waals surface area contributed by atoms with Crippen LogP contribution < -0.4 is 16.0 Å². The van der Waals surface area contributed by atoms with Gasteiger partial charge in [0.05, 0.1) is 11.7 Å². The summed E-state index contributed by atoms with van der Waals surface area (Å²) in [5.74, 6) is 0.219. The van der Waals surface area contributed by atoms with Gasteiger partial charge in [0.2, 0.25) is 5.91 Å². The highest BCUT2D eigenvalue weighted by atomic mass is 16.3. The number of rotatable bonds is 3. The molecule has 1 atom stereocenters. The second-order valence-corrected chi connectivity index (χ2v) is 5.12. The molecular weight excluding hydrogens is 270 g/mol. The van der Waals surface area contributed by atoms with E-state index >= 15 is 0 Å². The molecule has 2 aliphatic rings. The van der Waals surface area contributed by atoms with Crippen molar-refractivity contribution in [3.63, 3.8) is 0 Å². The van der Waals surface area contributed by atoms with Gasteiger partial charge in [0, 0.05) is 42.8 Å². The third-order valence-electron chi connectivity index (χ3n) is 3.60. The maximum Gasteiger partial charge on any atom is 0.250 e. The number of nitrogens with two attached hydrogens (primary N) is 1. The van der Waals surface area contributed by atoms with E-state index in [0.717, 1.165) is 23.5 Å². The number of aliphatic hydroxyl groups excluding tert-OH is 1. The topological polar surface area (TPSA) is 104 Å². The summed E-state index contributed by atoms with van der Waals surface area (Å²) in [6, 6.07) is 1.72. The number of nitrogens with zero attached hydrogens (tertiary/aromatic N) is 3. The van der Waals surface area contributed by atoms with Crippen LogP contribution in [0.5, 0.6) is 0 Å². The SMILES string of the molecule is NC(=O)c1cnc(N2CCC(O)C2)c(C2=CNCN=C2)c1. The van der Waals surface area contributed by atoms with E-state index in [1.54, 1.807) is 12.3 Å². The van der Waals surface area contributed by atoms with Crippen LogP contribution in [0.3, 0.4) is 0 Å². The van der Waals surface area contributed by atoms with E-state index in [2.05, 4.69) is 15.3 Å². The Morgan fingerprint density at radius 1 is 1.52 bits per heavy atom. The Labute approximate surface area is 122 Å². The lowest BCUT2D eigenvalue weighted by Crippen LogP contribution is -2.25. The number of aliphatic imine (C=N–C) groups is 1. The number of allylic oxidation sites excluding steroid dienone is 1. The molecule has 4 N–H and O–H groups in total. The van der Waals surface area contributed by atoms with E-state index in [1.807, 2.05) is 11.1 Å². The molecule has 0 spiro atoms. The molecule has 0 aliphatic carbocycles. The van der Waals surface area contributed by atoms with Gasteiger partial charge in [-0.1, -0.05) is 0 Å². The fraction of sp³-hybridized carbons (Fsp3) is 0.357. The van der Waals surface area contributed by atoms with E-state index in [-0.39, 0.29) is 6.10 Å². The van der Waals surface area contributed by atoms with Crippen molar-refractivity contribution in [2.24, 2.45) is 10.7 Å². The Morgan fingerprint density at radius 2 is 2.38 bits per heavy atom. The van der Waals surface area contributed by atoms with Crippen molar-refractivity contribution < 1.29 is 9.90 Å². The van der Waals surface area contributed by atoms with Crippen LogP contribution >= 0.6 is 0 Å². The zero-order valence-electron chi connectivity index (χ0n) is 11.5. The van der Waals surface area contributed by atoms with Crippen molar-refractivity contribution in [1.29, 1.82) is 0 Å². The number of aromatic nitrogens is 1. The monoisotopic (exact) mass is 287 g/mol. The van der Waals surface area contributed by atoms with Crippen molar-refractivity contribution in [1.82, 2.24) is 10.3 Å². The lowest BCUT2D eigenvalue weighted by molar-refractivity contribution is 0.1000. The summed E-state index contributed by atoms with van der Waals surface area (Å²) < 4.78 is 0. The van der Waals surface area contributed by atoms with E-state index in [9.17, 15) is 9.90 Å². The molecule has 7 heteroatoms. The molecule has 7 nitrogen and oxygen atoms in total. The van der Waals surface area contributed by atoms with Crippen LogP contribution in [0.25, 0.3) is 5.57 Å². The lowest BCUT2D eigenvalue weighted by atomic mass is 10.1. The molecule has 110 valence electrons. The number of hydrogen-bond acceptors (Lipinski definition) is 6. The van der Waals surface area contributed by atoms with Gasteiger partial charge >= 0.3 is 0 Å². The number of amides is 1. The van der Waals surface area contributed by atoms with Crippen molar-refractivity contribution in [2.45, 2.75) is 12.5 Å². The summed E-state index contributed by atoms with van der Waals surface area (Å²) in [6.07, 6.45) is 5.42. The molecule has 1 unspecified atom stereocenters. The second-order valence-electron chi connectivity index (χ2n) is 5.12. The summed E-state index contributed by atoms with van der Waals surface area (Å²) in [7, 11) is 0. The maximum absolute atomic E-state index is 11.4. The number of pyridine rings is 1. The van der Waals surface area contributed by atoms with Gasteiger partial charge in [0.15, 0.2) is 0 Å². The van der Waals surface area contributed by atoms with Crippen LogP contribution in [0.1, 0.15) is 22.3 Å². The molecule has 0 radical (unpaired) electrons. The lowest BCUT2D eigenvalue weighted by Gasteiger charge is -2.21. The van der Waals surface area contributed by atoms with E-state index in [1.165, 1.54) is 6.20 Å². The fourth-order valence-electron chi connectivity index (χ4n) is 2.53. The van der Waals surface area contributed by atoms with Gasteiger partial charge in [-0.15, -0.1) is 0 Å². The van der Waals surface area contributed by atoms with Gasteiger partial charge in [0.25, 0.3) is 0 Å². The number of nitrogens with one attached hydrogen (secondary N) is 1. The largest absolute Gasteiger partial charge is 0.391 e. The first kappa shape index (κ1) is 13.6. The third kappa shape index (κ3) is 2.73. The molecule has 3 heterocycles. The van der Waals surface area contributed by atoms with Crippen LogP contribution in [0.4, 0.5) is 5.82 Å². The molecule has 1 fully saturated rings. The van der Waals surface area contributed by atoms with Crippen LogP contribution in [0, 0.1) is 0 Å². The molecule has 1 amide bonds. The minimum absolute atomic E-state index is 0.345. The highest BCUT2D eigenvalue weighted by molar-refractivity contribution is 6.12. The van der Waals surface area contributed by atoms with E-state index in [4.69, 9.17) is 5.73 Å². The first-order chi connectivity index (χ1) is 10.1. The Morgan fingerprint density at radius 3 is 3.00 bits per heavy atom. The molecule has 2 aliphatic heterocycles. The van der Waals surface area contributed by atoms with Gasteiger partial charge < -0.3 is 21.1 Å². The smallest absolute Gasteiger partial charge is 0.250 e. The second kappa shape index (κ2) is 5.53. The highest BCUT2D eigenvalue weighted by Crippen LogP contribution is 2.28. The molecule has 21 heavy (non-hydrogen) atoms. The van der Waals surface area contributed by atoms with Crippen molar-refractivity contribution in [3.05, 3.63) is 29.6 Å². The standard InChI is InChI=1S/C14H17N5O2/c15-13(21)9-3-12(10-4-16-8-17-5-10)14(18-6-9)19-2-1-11(20)7-19/h3-6,11,16,20H,1-2,7-8H2,(H2,15,21). The van der Waals surface area contributed by atoms with Crippen molar-refractivity contribution in [2.75, 3.05) is 24.7 Å². The van der Waals surface area contributed by atoms with Crippen molar-refractivity contribution >= 4 is 23.5 Å². The number of aliphatic hydroxyl groups is 1. The number of hydrogen-bond donors (Lipinski definition) is 3.